The lowest BCUT2D eigenvalue weighted by Gasteiger charge is -2.23. The summed E-state index contributed by atoms with van der Waals surface area (Å²) in [4.78, 5) is 19.4. The number of hydrogen-bond donors (Lipinski definition) is 1. The van der Waals surface area contributed by atoms with Crippen molar-refractivity contribution in [1.82, 2.24) is 15.2 Å². The SMILES string of the molecule is CS(=O)(=O)c1ccc(CNC(=O)N2CCCC2c2nc3ccccc3s2)cc1Cl. The number of nitrogens with one attached hydrogen (secondary N) is 1. The van der Waals surface area contributed by atoms with E-state index >= 15 is 0 Å². The molecule has 0 radical (unpaired) electrons. The maximum absolute atomic E-state index is 12.8. The Bertz CT molecular complexity index is 1140. The molecular weight excluding hydrogens is 430 g/mol. The summed E-state index contributed by atoms with van der Waals surface area (Å²) in [6.07, 6.45) is 2.94. The van der Waals surface area contributed by atoms with Crippen LogP contribution < -0.4 is 5.32 Å². The number of likely N-dealkylation sites (tertiary alicyclic amines) is 1. The number of para-hydroxylation sites is 1. The van der Waals surface area contributed by atoms with Gasteiger partial charge in [0.1, 0.15) is 5.01 Å². The third-order valence-corrected chi connectivity index (χ3v) is 7.67. The highest BCUT2D eigenvalue weighted by Crippen LogP contribution is 2.36. The van der Waals surface area contributed by atoms with Gasteiger partial charge in [-0.3, -0.25) is 0 Å². The molecule has 2 aromatic carbocycles. The minimum atomic E-state index is -3.38. The van der Waals surface area contributed by atoms with Crippen LogP contribution in [0.3, 0.4) is 0 Å². The van der Waals surface area contributed by atoms with Gasteiger partial charge in [-0.1, -0.05) is 29.8 Å². The number of aromatic nitrogens is 1. The second kappa shape index (κ2) is 7.93. The molecular formula is C20H20ClN3O3S2. The zero-order chi connectivity index (χ0) is 20.6. The van der Waals surface area contributed by atoms with Crippen LogP contribution in [0.4, 0.5) is 4.79 Å². The van der Waals surface area contributed by atoms with E-state index in [1.807, 2.05) is 29.2 Å². The molecule has 1 saturated heterocycles. The van der Waals surface area contributed by atoms with Crippen LogP contribution in [0.2, 0.25) is 5.02 Å². The molecule has 152 valence electrons. The predicted octanol–water partition coefficient (Wildman–Crippen LogP) is 4.40. The first kappa shape index (κ1) is 20.1. The lowest BCUT2D eigenvalue weighted by Crippen LogP contribution is -2.39. The molecule has 2 heterocycles. The maximum atomic E-state index is 12.8. The van der Waals surface area contributed by atoms with Crippen LogP contribution in [0.15, 0.2) is 47.4 Å². The Labute approximate surface area is 178 Å². The Hall–Kier alpha value is -2.16. The van der Waals surface area contributed by atoms with Gasteiger partial charge >= 0.3 is 6.03 Å². The molecule has 1 aliphatic heterocycles. The number of amides is 2. The lowest BCUT2D eigenvalue weighted by atomic mass is 10.2. The number of carbonyl (C=O) groups excluding carboxylic acids is 1. The van der Waals surface area contributed by atoms with Gasteiger partial charge in [-0.15, -0.1) is 11.3 Å². The topological polar surface area (TPSA) is 79.4 Å². The second-order valence-corrected chi connectivity index (χ2v) is 10.5. The summed E-state index contributed by atoms with van der Waals surface area (Å²) in [5.74, 6) is 0. The molecule has 0 bridgehead atoms. The zero-order valence-corrected chi connectivity index (χ0v) is 18.1. The summed E-state index contributed by atoms with van der Waals surface area (Å²) >= 11 is 7.72. The van der Waals surface area contributed by atoms with E-state index in [1.165, 1.54) is 6.07 Å². The van der Waals surface area contributed by atoms with Gasteiger partial charge in [0.2, 0.25) is 0 Å². The summed E-state index contributed by atoms with van der Waals surface area (Å²) in [5, 5.41) is 4.03. The van der Waals surface area contributed by atoms with Crippen molar-refractivity contribution in [2.24, 2.45) is 0 Å². The highest BCUT2D eigenvalue weighted by Gasteiger charge is 2.32. The quantitative estimate of drug-likeness (QED) is 0.640. The van der Waals surface area contributed by atoms with E-state index in [2.05, 4.69) is 5.32 Å². The summed E-state index contributed by atoms with van der Waals surface area (Å²) in [6.45, 7) is 0.950. The average Bonchev–Trinajstić information content (AvgIpc) is 3.31. The van der Waals surface area contributed by atoms with Crippen molar-refractivity contribution < 1.29 is 13.2 Å². The highest BCUT2D eigenvalue weighted by atomic mass is 35.5. The summed E-state index contributed by atoms with van der Waals surface area (Å²) in [7, 11) is -3.38. The van der Waals surface area contributed by atoms with Crippen LogP contribution in [0.25, 0.3) is 10.2 Å². The van der Waals surface area contributed by atoms with Gasteiger partial charge < -0.3 is 10.2 Å². The van der Waals surface area contributed by atoms with Crippen LogP contribution in [-0.4, -0.2) is 37.1 Å². The molecule has 0 saturated carbocycles. The van der Waals surface area contributed by atoms with Crippen LogP contribution in [0.1, 0.15) is 29.5 Å². The van der Waals surface area contributed by atoms with Crippen LogP contribution in [0.5, 0.6) is 0 Å². The number of carbonyl (C=O) groups is 1. The first-order valence-electron chi connectivity index (χ1n) is 9.21. The van der Waals surface area contributed by atoms with E-state index < -0.39 is 9.84 Å². The number of thiazole rings is 1. The van der Waals surface area contributed by atoms with Gasteiger partial charge in [-0.05, 0) is 42.7 Å². The van der Waals surface area contributed by atoms with E-state index in [-0.39, 0.29) is 28.5 Å². The van der Waals surface area contributed by atoms with Crippen molar-refractivity contribution in [2.75, 3.05) is 12.8 Å². The van der Waals surface area contributed by atoms with Crippen LogP contribution >= 0.6 is 22.9 Å². The number of hydrogen-bond acceptors (Lipinski definition) is 5. The highest BCUT2D eigenvalue weighted by molar-refractivity contribution is 7.90. The number of urea groups is 1. The van der Waals surface area contributed by atoms with Gasteiger partial charge in [0.05, 0.1) is 26.2 Å². The molecule has 1 aliphatic rings. The molecule has 1 unspecified atom stereocenters. The number of rotatable bonds is 4. The fraction of sp³-hybridized carbons (Fsp3) is 0.300. The minimum absolute atomic E-state index is 0.0244. The Morgan fingerprint density at radius 2 is 2.10 bits per heavy atom. The normalized spacial score (nSPS) is 17.0. The molecule has 1 atom stereocenters. The Morgan fingerprint density at radius 3 is 2.83 bits per heavy atom. The molecule has 2 amide bonds. The maximum Gasteiger partial charge on any atom is 0.318 e. The van der Waals surface area contributed by atoms with Crippen molar-refractivity contribution in [3.63, 3.8) is 0 Å². The Morgan fingerprint density at radius 1 is 1.31 bits per heavy atom. The molecule has 0 aliphatic carbocycles. The number of benzene rings is 2. The fourth-order valence-electron chi connectivity index (χ4n) is 3.53. The zero-order valence-electron chi connectivity index (χ0n) is 15.8. The number of nitrogens with zero attached hydrogens (tertiary/aromatic N) is 2. The minimum Gasteiger partial charge on any atom is -0.334 e. The van der Waals surface area contributed by atoms with E-state index in [0.717, 1.165) is 39.9 Å². The predicted molar refractivity (Wildman–Crippen MR) is 115 cm³/mol. The molecule has 29 heavy (non-hydrogen) atoms. The van der Waals surface area contributed by atoms with Crippen molar-refractivity contribution in [3.05, 3.63) is 58.1 Å². The molecule has 4 rings (SSSR count). The molecule has 1 fully saturated rings. The van der Waals surface area contributed by atoms with Crippen molar-refractivity contribution in [2.45, 2.75) is 30.3 Å². The van der Waals surface area contributed by atoms with E-state index in [9.17, 15) is 13.2 Å². The lowest BCUT2D eigenvalue weighted by molar-refractivity contribution is 0.192. The molecule has 3 aromatic rings. The molecule has 1 aromatic heterocycles. The van der Waals surface area contributed by atoms with Crippen molar-refractivity contribution >= 4 is 49.0 Å². The second-order valence-electron chi connectivity index (χ2n) is 7.07. The summed E-state index contributed by atoms with van der Waals surface area (Å²) in [5.41, 5.74) is 1.70. The first-order valence-corrected chi connectivity index (χ1v) is 12.3. The third-order valence-electron chi connectivity index (χ3n) is 4.95. The van der Waals surface area contributed by atoms with Crippen molar-refractivity contribution in [3.8, 4) is 0 Å². The van der Waals surface area contributed by atoms with Crippen molar-refractivity contribution in [1.29, 1.82) is 0 Å². The summed E-state index contributed by atoms with van der Waals surface area (Å²) in [6, 6.07) is 12.5. The van der Waals surface area contributed by atoms with Crippen LogP contribution in [0, 0.1) is 0 Å². The monoisotopic (exact) mass is 449 g/mol. The van der Waals surface area contributed by atoms with Gasteiger partial charge in [0.25, 0.3) is 0 Å². The average molecular weight is 450 g/mol. The standard InChI is InChI=1S/C20H20ClN3O3S2/c1-29(26,27)18-9-8-13(11-14(18)21)12-22-20(25)24-10-4-6-16(24)19-23-15-5-2-3-7-17(15)28-19/h2-3,5,7-9,11,16H,4,6,10,12H2,1H3,(H,22,25). The van der Waals surface area contributed by atoms with Gasteiger partial charge in [0.15, 0.2) is 9.84 Å². The Balaban J connectivity index is 1.46. The number of sulfone groups is 1. The van der Waals surface area contributed by atoms with Gasteiger partial charge in [-0.2, -0.15) is 0 Å². The molecule has 0 spiro atoms. The molecule has 9 heteroatoms. The molecule has 1 N–H and O–H groups in total. The van der Waals surface area contributed by atoms with E-state index in [1.54, 1.807) is 23.5 Å². The third kappa shape index (κ3) is 4.24. The van der Waals surface area contributed by atoms with Crippen LogP contribution in [-0.2, 0) is 16.4 Å². The first-order chi connectivity index (χ1) is 13.8. The Kier molecular flexibility index (Phi) is 5.50. The fourth-order valence-corrected chi connectivity index (χ4v) is 6.00. The van der Waals surface area contributed by atoms with E-state index in [4.69, 9.17) is 16.6 Å². The smallest absolute Gasteiger partial charge is 0.318 e. The molecule has 6 nitrogen and oxygen atoms in total. The van der Waals surface area contributed by atoms with Gasteiger partial charge in [0, 0.05) is 19.3 Å². The van der Waals surface area contributed by atoms with Gasteiger partial charge in [-0.25, -0.2) is 18.2 Å². The largest absolute Gasteiger partial charge is 0.334 e. The number of fused-ring (bicyclic) bond motifs is 1. The van der Waals surface area contributed by atoms with E-state index in [0.29, 0.717) is 6.54 Å². The summed E-state index contributed by atoms with van der Waals surface area (Å²) < 4.78 is 24.5. The number of halogens is 1.